The van der Waals surface area contributed by atoms with E-state index in [2.05, 4.69) is 16.2 Å². The molecular weight excluding hydrogens is 392 g/mol. The van der Waals surface area contributed by atoms with Crippen LogP contribution in [0.5, 0.6) is 0 Å². The third-order valence-electron chi connectivity index (χ3n) is 3.62. The molecule has 6 nitrogen and oxygen atoms in total. The van der Waals surface area contributed by atoms with Gasteiger partial charge in [-0.15, -0.1) is 11.8 Å². The molecule has 0 spiro atoms. The van der Waals surface area contributed by atoms with Gasteiger partial charge in [0.15, 0.2) is 15.7 Å². The number of hydrogen-bond acceptors (Lipinski definition) is 6. The van der Waals surface area contributed by atoms with Gasteiger partial charge in [-0.2, -0.15) is 10.4 Å². The minimum absolute atomic E-state index is 0.114. The quantitative estimate of drug-likeness (QED) is 0.617. The summed E-state index contributed by atoms with van der Waals surface area (Å²) < 4.78 is 24.8. The zero-order valence-electron chi connectivity index (χ0n) is 13.8. The number of sulfone groups is 1. The van der Waals surface area contributed by atoms with Crippen molar-refractivity contribution in [2.24, 2.45) is 0 Å². The molecule has 0 aliphatic heterocycles. The van der Waals surface area contributed by atoms with Gasteiger partial charge >= 0.3 is 0 Å². The van der Waals surface area contributed by atoms with Crippen LogP contribution in [0.4, 0.5) is 0 Å². The third kappa shape index (κ3) is 3.46. The first-order valence-corrected chi connectivity index (χ1v) is 10.8. The predicted molar refractivity (Wildman–Crippen MR) is 101 cm³/mol. The summed E-state index contributed by atoms with van der Waals surface area (Å²) in [6.45, 7) is 0. The van der Waals surface area contributed by atoms with E-state index < -0.39 is 9.84 Å². The minimum Gasteiger partial charge on any atom is -0.236 e. The Morgan fingerprint density at radius 1 is 1.27 bits per heavy atom. The predicted octanol–water partition coefficient (Wildman–Crippen LogP) is 3.58. The topological polar surface area (TPSA) is 88.6 Å². The molecule has 2 heterocycles. The number of hydrogen-bond donors (Lipinski definition) is 0. The van der Waals surface area contributed by atoms with E-state index in [1.165, 1.54) is 28.7 Å². The average molecular weight is 405 g/mol. The van der Waals surface area contributed by atoms with Crippen LogP contribution >= 0.6 is 23.4 Å². The van der Waals surface area contributed by atoms with Crippen molar-refractivity contribution in [2.75, 3.05) is 12.5 Å². The fourth-order valence-corrected chi connectivity index (χ4v) is 3.69. The number of benzene rings is 1. The Morgan fingerprint density at radius 2 is 2.04 bits per heavy atom. The summed E-state index contributed by atoms with van der Waals surface area (Å²) in [5, 5.41) is 15.2. The molecule has 0 atom stereocenters. The Hall–Kier alpha value is -2.34. The van der Waals surface area contributed by atoms with Gasteiger partial charge in [0.1, 0.15) is 16.7 Å². The van der Waals surface area contributed by atoms with Crippen LogP contribution in [-0.4, -0.2) is 35.7 Å². The van der Waals surface area contributed by atoms with Gasteiger partial charge < -0.3 is 0 Å². The van der Waals surface area contributed by atoms with Gasteiger partial charge in [-0.05, 0) is 30.5 Å². The first-order valence-electron chi connectivity index (χ1n) is 7.34. The van der Waals surface area contributed by atoms with Crippen molar-refractivity contribution < 1.29 is 8.42 Å². The molecule has 2 aromatic heterocycles. The molecule has 9 heteroatoms. The van der Waals surface area contributed by atoms with Gasteiger partial charge in [0.2, 0.25) is 0 Å². The minimum atomic E-state index is -3.35. The zero-order valence-corrected chi connectivity index (χ0v) is 16.2. The fourth-order valence-electron chi connectivity index (χ4n) is 2.43. The molecule has 0 bridgehead atoms. The summed E-state index contributed by atoms with van der Waals surface area (Å²) in [5.41, 5.74) is 1.68. The summed E-state index contributed by atoms with van der Waals surface area (Å²) in [6.07, 6.45) is 4.23. The lowest BCUT2D eigenvalue weighted by atomic mass is 10.1. The molecular formula is C17H13ClN4O2S2. The maximum Gasteiger partial charge on any atom is 0.177 e. The van der Waals surface area contributed by atoms with Crippen molar-refractivity contribution in [3.63, 3.8) is 0 Å². The SMILES string of the molecule is CSc1nn(-c2ccc(S(C)(=O)=O)cn2)c(-c2cccc(Cl)c2)c1C#N. The van der Waals surface area contributed by atoms with Crippen molar-refractivity contribution in [3.05, 3.63) is 53.2 Å². The summed E-state index contributed by atoms with van der Waals surface area (Å²) in [4.78, 5) is 4.33. The van der Waals surface area contributed by atoms with Crippen molar-refractivity contribution in [1.29, 1.82) is 5.26 Å². The molecule has 0 saturated carbocycles. The zero-order chi connectivity index (χ0) is 18.9. The summed E-state index contributed by atoms with van der Waals surface area (Å²) >= 11 is 7.45. The Labute approximate surface area is 160 Å². The lowest BCUT2D eigenvalue weighted by molar-refractivity contribution is 0.601. The molecule has 0 aliphatic rings. The van der Waals surface area contributed by atoms with Crippen molar-refractivity contribution >= 4 is 33.2 Å². The normalized spacial score (nSPS) is 11.3. The molecule has 26 heavy (non-hydrogen) atoms. The Kier molecular flexibility index (Phi) is 5.05. The van der Waals surface area contributed by atoms with Crippen LogP contribution in [0.25, 0.3) is 17.1 Å². The van der Waals surface area contributed by atoms with E-state index in [0.29, 0.717) is 27.1 Å². The average Bonchev–Trinajstić information content (AvgIpc) is 2.99. The highest BCUT2D eigenvalue weighted by atomic mass is 35.5. The smallest absolute Gasteiger partial charge is 0.177 e. The van der Waals surface area contributed by atoms with Crippen LogP contribution < -0.4 is 0 Å². The number of pyridine rings is 1. The van der Waals surface area contributed by atoms with Crippen LogP contribution in [0.2, 0.25) is 5.02 Å². The van der Waals surface area contributed by atoms with Gasteiger partial charge in [-0.25, -0.2) is 18.1 Å². The van der Waals surface area contributed by atoms with Gasteiger partial charge in [0, 0.05) is 23.0 Å². The second-order valence-electron chi connectivity index (χ2n) is 5.39. The molecule has 0 N–H and O–H groups in total. The summed E-state index contributed by atoms with van der Waals surface area (Å²) in [7, 11) is -3.35. The van der Waals surface area contributed by atoms with E-state index in [1.54, 1.807) is 24.3 Å². The number of nitriles is 1. The van der Waals surface area contributed by atoms with Crippen LogP contribution in [0.1, 0.15) is 5.56 Å². The van der Waals surface area contributed by atoms with Gasteiger partial charge in [0.25, 0.3) is 0 Å². The maximum atomic E-state index is 11.6. The molecule has 0 unspecified atom stereocenters. The largest absolute Gasteiger partial charge is 0.236 e. The van der Waals surface area contributed by atoms with E-state index in [-0.39, 0.29) is 4.90 Å². The molecule has 0 aliphatic carbocycles. The van der Waals surface area contributed by atoms with Crippen LogP contribution in [0.15, 0.2) is 52.5 Å². The third-order valence-corrected chi connectivity index (χ3v) is 5.63. The maximum absolute atomic E-state index is 11.6. The highest BCUT2D eigenvalue weighted by Crippen LogP contribution is 2.33. The van der Waals surface area contributed by atoms with Gasteiger partial charge in [-0.1, -0.05) is 23.7 Å². The number of halogens is 1. The molecule has 0 radical (unpaired) electrons. The molecule has 132 valence electrons. The molecule has 3 rings (SSSR count). The molecule has 0 saturated heterocycles. The van der Waals surface area contributed by atoms with Crippen molar-refractivity contribution in [2.45, 2.75) is 9.92 Å². The summed E-state index contributed by atoms with van der Waals surface area (Å²) in [6, 6.07) is 12.3. The van der Waals surface area contributed by atoms with Crippen LogP contribution in [0, 0.1) is 11.3 Å². The number of rotatable bonds is 4. The van der Waals surface area contributed by atoms with Crippen LogP contribution in [-0.2, 0) is 9.84 Å². The Morgan fingerprint density at radius 3 is 2.58 bits per heavy atom. The lowest BCUT2D eigenvalue weighted by Gasteiger charge is -2.08. The van der Waals surface area contributed by atoms with E-state index >= 15 is 0 Å². The highest BCUT2D eigenvalue weighted by molar-refractivity contribution is 7.98. The number of thioether (sulfide) groups is 1. The molecule has 0 fully saturated rings. The van der Waals surface area contributed by atoms with E-state index in [4.69, 9.17) is 11.6 Å². The molecule has 3 aromatic rings. The standard InChI is InChI=1S/C17H13ClN4O2S2/c1-25-17-14(9-19)16(11-4-3-5-12(18)8-11)22(21-17)15-7-6-13(10-20-15)26(2,23)24/h3-8,10H,1-2H3. The number of aromatic nitrogens is 3. The lowest BCUT2D eigenvalue weighted by Crippen LogP contribution is -2.04. The van der Waals surface area contributed by atoms with Gasteiger partial charge in [0.05, 0.1) is 10.6 Å². The Bertz CT molecular complexity index is 1120. The molecule has 1 aromatic carbocycles. The fraction of sp³-hybridized carbons (Fsp3) is 0.118. The van der Waals surface area contributed by atoms with E-state index in [0.717, 1.165) is 11.8 Å². The number of nitrogens with zero attached hydrogens (tertiary/aromatic N) is 4. The van der Waals surface area contributed by atoms with Gasteiger partial charge in [-0.3, -0.25) is 0 Å². The first kappa shape index (κ1) is 18.5. The molecule has 0 amide bonds. The van der Waals surface area contributed by atoms with Crippen LogP contribution in [0.3, 0.4) is 0 Å². The van der Waals surface area contributed by atoms with Crippen molar-refractivity contribution in [3.8, 4) is 23.1 Å². The summed E-state index contributed by atoms with van der Waals surface area (Å²) in [5.74, 6) is 0.407. The first-order chi connectivity index (χ1) is 12.3. The monoisotopic (exact) mass is 404 g/mol. The van der Waals surface area contributed by atoms with Crippen molar-refractivity contribution in [1.82, 2.24) is 14.8 Å². The second-order valence-corrected chi connectivity index (χ2v) is 8.64. The second kappa shape index (κ2) is 7.11. The van der Waals surface area contributed by atoms with E-state index in [1.807, 2.05) is 12.3 Å². The highest BCUT2D eigenvalue weighted by Gasteiger charge is 2.21. The van der Waals surface area contributed by atoms with E-state index in [9.17, 15) is 13.7 Å². The Balaban J connectivity index is 2.25.